The van der Waals surface area contributed by atoms with Crippen molar-refractivity contribution in [2.75, 3.05) is 13.6 Å². The molecule has 0 unspecified atom stereocenters. The largest absolute Gasteiger partial charge is 0.481 e. The van der Waals surface area contributed by atoms with Gasteiger partial charge in [0, 0.05) is 24.2 Å². The van der Waals surface area contributed by atoms with Crippen molar-refractivity contribution < 1.29 is 19.1 Å². The number of aliphatic carboxylic acids is 1. The molecule has 0 bridgehead atoms. The SMILES string of the molecule is CN(CCC(=O)O)C(=O)c1cc(F)cc(Cl)c1. The third kappa shape index (κ3) is 4.03. The van der Waals surface area contributed by atoms with Crippen molar-refractivity contribution in [3.05, 3.63) is 34.6 Å². The number of nitrogens with zero attached hydrogens (tertiary/aromatic N) is 1. The van der Waals surface area contributed by atoms with E-state index in [-0.39, 0.29) is 23.6 Å². The van der Waals surface area contributed by atoms with E-state index in [0.29, 0.717) is 0 Å². The van der Waals surface area contributed by atoms with E-state index in [1.807, 2.05) is 0 Å². The summed E-state index contributed by atoms with van der Waals surface area (Å²) in [7, 11) is 1.45. The van der Waals surface area contributed by atoms with Gasteiger partial charge in [0.15, 0.2) is 0 Å². The van der Waals surface area contributed by atoms with Crippen LogP contribution >= 0.6 is 11.6 Å². The topological polar surface area (TPSA) is 57.6 Å². The highest BCUT2D eigenvalue weighted by Crippen LogP contribution is 2.15. The van der Waals surface area contributed by atoms with Gasteiger partial charge in [-0.1, -0.05) is 11.6 Å². The van der Waals surface area contributed by atoms with Gasteiger partial charge in [-0.05, 0) is 18.2 Å². The van der Waals surface area contributed by atoms with Crippen molar-refractivity contribution in [3.8, 4) is 0 Å². The van der Waals surface area contributed by atoms with Gasteiger partial charge in [-0.15, -0.1) is 0 Å². The van der Waals surface area contributed by atoms with Crippen molar-refractivity contribution in [1.29, 1.82) is 0 Å². The van der Waals surface area contributed by atoms with Crippen LogP contribution in [-0.2, 0) is 4.79 Å². The average Bonchev–Trinajstić information content (AvgIpc) is 2.23. The molecular formula is C11H11ClFNO3. The minimum Gasteiger partial charge on any atom is -0.481 e. The molecule has 17 heavy (non-hydrogen) atoms. The minimum absolute atomic E-state index is 0.0578. The normalized spacial score (nSPS) is 10.1. The van der Waals surface area contributed by atoms with Crippen LogP contribution in [0, 0.1) is 5.82 Å². The van der Waals surface area contributed by atoms with Crippen LogP contribution in [0.1, 0.15) is 16.8 Å². The monoisotopic (exact) mass is 259 g/mol. The fourth-order valence-electron chi connectivity index (χ4n) is 1.26. The van der Waals surface area contributed by atoms with Crippen LogP contribution in [0.5, 0.6) is 0 Å². The second-order valence-electron chi connectivity index (χ2n) is 3.53. The van der Waals surface area contributed by atoms with Crippen molar-refractivity contribution in [2.24, 2.45) is 0 Å². The standard InChI is InChI=1S/C11H11ClFNO3/c1-14(3-2-10(15)16)11(17)7-4-8(12)6-9(13)5-7/h4-6H,2-3H2,1H3,(H,15,16). The summed E-state index contributed by atoms with van der Waals surface area (Å²) in [6, 6.07) is 3.49. The molecule has 0 fully saturated rings. The summed E-state index contributed by atoms with van der Waals surface area (Å²) < 4.78 is 13.0. The van der Waals surface area contributed by atoms with E-state index >= 15 is 0 Å². The first-order valence-electron chi connectivity index (χ1n) is 4.83. The third-order valence-electron chi connectivity index (χ3n) is 2.12. The van der Waals surface area contributed by atoms with Crippen LogP contribution in [0.25, 0.3) is 0 Å². The molecule has 0 heterocycles. The summed E-state index contributed by atoms with van der Waals surface area (Å²) in [6.07, 6.45) is -0.161. The van der Waals surface area contributed by atoms with Gasteiger partial charge in [0.25, 0.3) is 5.91 Å². The molecule has 6 heteroatoms. The summed E-state index contributed by atoms with van der Waals surface area (Å²) in [5.74, 6) is -2.07. The first-order chi connectivity index (χ1) is 7.90. The lowest BCUT2D eigenvalue weighted by Crippen LogP contribution is -2.29. The van der Waals surface area contributed by atoms with E-state index in [2.05, 4.69) is 0 Å². The highest BCUT2D eigenvalue weighted by molar-refractivity contribution is 6.31. The molecule has 0 spiro atoms. The Kier molecular flexibility index (Phi) is 4.45. The maximum Gasteiger partial charge on any atom is 0.305 e. The second-order valence-corrected chi connectivity index (χ2v) is 3.97. The zero-order valence-corrected chi connectivity index (χ0v) is 9.87. The number of hydrogen-bond acceptors (Lipinski definition) is 2. The van der Waals surface area contributed by atoms with Crippen LogP contribution in [0.4, 0.5) is 4.39 Å². The Morgan fingerprint density at radius 2 is 2.06 bits per heavy atom. The number of benzene rings is 1. The molecule has 0 saturated heterocycles. The van der Waals surface area contributed by atoms with E-state index in [1.54, 1.807) is 0 Å². The van der Waals surface area contributed by atoms with E-state index in [4.69, 9.17) is 16.7 Å². The molecule has 0 saturated carbocycles. The number of carboxylic acid groups (broad SMARTS) is 1. The Morgan fingerprint density at radius 1 is 1.41 bits per heavy atom. The number of carbonyl (C=O) groups is 2. The van der Waals surface area contributed by atoms with Crippen molar-refractivity contribution in [3.63, 3.8) is 0 Å². The quantitative estimate of drug-likeness (QED) is 0.900. The van der Waals surface area contributed by atoms with Crippen LogP contribution in [-0.4, -0.2) is 35.5 Å². The summed E-state index contributed by atoms with van der Waals surface area (Å²) in [6.45, 7) is 0.0578. The minimum atomic E-state index is -0.998. The van der Waals surface area contributed by atoms with Crippen LogP contribution < -0.4 is 0 Å². The molecule has 1 N–H and O–H groups in total. The van der Waals surface area contributed by atoms with Crippen LogP contribution in [0.3, 0.4) is 0 Å². The van der Waals surface area contributed by atoms with E-state index in [0.717, 1.165) is 12.1 Å². The Balaban J connectivity index is 2.77. The zero-order chi connectivity index (χ0) is 13.0. The van der Waals surface area contributed by atoms with E-state index < -0.39 is 17.7 Å². The van der Waals surface area contributed by atoms with Gasteiger partial charge in [0.2, 0.25) is 0 Å². The van der Waals surface area contributed by atoms with Gasteiger partial charge in [0.1, 0.15) is 5.82 Å². The summed E-state index contributed by atoms with van der Waals surface area (Å²) in [4.78, 5) is 23.3. The number of hydrogen-bond donors (Lipinski definition) is 1. The Hall–Kier alpha value is -1.62. The molecule has 1 aromatic rings. The average molecular weight is 260 g/mol. The molecular weight excluding hydrogens is 249 g/mol. The Morgan fingerprint density at radius 3 is 2.59 bits per heavy atom. The Bertz CT molecular complexity index is 430. The van der Waals surface area contributed by atoms with Gasteiger partial charge in [0.05, 0.1) is 6.42 Å². The Labute approximate surface area is 103 Å². The lowest BCUT2D eigenvalue weighted by Gasteiger charge is -2.16. The molecule has 1 aromatic carbocycles. The number of amides is 1. The number of halogens is 2. The zero-order valence-electron chi connectivity index (χ0n) is 9.11. The molecule has 0 aliphatic heterocycles. The number of carbonyl (C=O) groups excluding carboxylic acids is 1. The fraction of sp³-hybridized carbons (Fsp3) is 0.273. The van der Waals surface area contributed by atoms with Gasteiger partial charge in [-0.25, -0.2) is 4.39 Å². The maximum atomic E-state index is 13.0. The van der Waals surface area contributed by atoms with Crippen molar-refractivity contribution in [1.82, 2.24) is 4.90 Å². The highest BCUT2D eigenvalue weighted by Gasteiger charge is 2.14. The van der Waals surface area contributed by atoms with Crippen molar-refractivity contribution in [2.45, 2.75) is 6.42 Å². The summed E-state index contributed by atoms with van der Waals surface area (Å²) in [5.41, 5.74) is 0.0999. The van der Waals surface area contributed by atoms with Crippen LogP contribution in [0.15, 0.2) is 18.2 Å². The predicted molar refractivity (Wildman–Crippen MR) is 60.6 cm³/mol. The first kappa shape index (κ1) is 13.4. The smallest absolute Gasteiger partial charge is 0.305 e. The van der Waals surface area contributed by atoms with Crippen molar-refractivity contribution >= 4 is 23.5 Å². The van der Waals surface area contributed by atoms with Gasteiger partial charge >= 0.3 is 5.97 Å². The fourth-order valence-corrected chi connectivity index (χ4v) is 1.48. The van der Waals surface area contributed by atoms with E-state index in [1.165, 1.54) is 18.0 Å². The summed E-state index contributed by atoms with van der Waals surface area (Å²) in [5, 5.41) is 8.61. The molecule has 0 radical (unpaired) electrons. The van der Waals surface area contributed by atoms with E-state index in [9.17, 15) is 14.0 Å². The van der Waals surface area contributed by atoms with Gasteiger partial charge < -0.3 is 10.0 Å². The molecule has 1 rings (SSSR count). The highest BCUT2D eigenvalue weighted by atomic mass is 35.5. The van der Waals surface area contributed by atoms with Gasteiger partial charge in [-0.2, -0.15) is 0 Å². The maximum absolute atomic E-state index is 13.0. The first-order valence-corrected chi connectivity index (χ1v) is 5.21. The van der Waals surface area contributed by atoms with Crippen LogP contribution in [0.2, 0.25) is 5.02 Å². The van der Waals surface area contributed by atoms with Gasteiger partial charge in [-0.3, -0.25) is 9.59 Å². The third-order valence-corrected chi connectivity index (χ3v) is 2.34. The lowest BCUT2D eigenvalue weighted by molar-refractivity contribution is -0.137. The molecule has 0 aliphatic rings. The lowest BCUT2D eigenvalue weighted by atomic mass is 10.2. The molecule has 0 atom stereocenters. The number of carboxylic acids is 1. The predicted octanol–water partition coefficient (Wildman–Crippen LogP) is 2.03. The summed E-state index contributed by atoms with van der Waals surface area (Å²) >= 11 is 5.62. The molecule has 4 nitrogen and oxygen atoms in total. The second kappa shape index (κ2) is 5.63. The molecule has 1 amide bonds. The molecule has 0 aliphatic carbocycles. The number of rotatable bonds is 4. The molecule has 92 valence electrons. The molecule has 0 aromatic heterocycles.